The van der Waals surface area contributed by atoms with Crippen molar-refractivity contribution in [2.45, 2.75) is 31.3 Å². The summed E-state index contributed by atoms with van der Waals surface area (Å²) in [5.41, 5.74) is 2.89. The first-order chi connectivity index (χ1) is 11.9. The molecule has 0 unspecified atom stereocenters. The van der Waals surface area contributed by atoms with Gasteiger partial charge in [-0.3, -0.25) is 10.0 Å². The van der Waals surface area contributed by atoms with E-state index in [1.54, 1.807) is 0 Å². The second kappa shape index (κ2) is 4.62. The van der Waals surface area contributed by atoms with Crippen molar-refractivity contribution in [3.8, 4) is 0 Å². The lowest BCUT2D eigenvalue weighted by Gasteiger charge is -2.38. The van der Waals surface area contributed by atoms with Crippen LogP contribution in [0.2, 0.25) is 0 Å². The number of hydrazine groups is 1. The van der Waals surface area contributed by atoms with Crippen LogP contribution in [0.5, 0.6) is 0 Å². The molecule has 1 aromatic carbocycles. The molecule has 0 spiro atoms. The van der Waals surface area contributed by atoms with Crippen LogP contribution < -0.4 is 5.01 Å². The quantitative estimate of drug-likeness (QED) is 0.784. The van der Waals surface area contributed by atoms with Gasteiger partial charge in [0.15, 0.2) is 0 Å². The zero-order chi connectivity index (χ0) is 15.7. The average molecular weight is 315 g/mol. The molecule has 6 rings (SSSR count). The highest BCUT2D eigenvalue weighted by Crippen LogP contribution is 2.61. The van der Waals surface area contributed by atoms with Crippen LogP contribution in [0.4, 0.5) is 5.82 Å². The SMILES string of the molecule is C1=CN2[C@H](c3ccccc31)[C@H]1[C@@H]3CC[C@@H](C3)[C@H]1N2c1ccccn1. The topological polar surface area (TPSA) is 19.4 Å². The van der Waals surface area contributed by atoms with Crippen molar-refractivity contribution >= 4 is 11.9 Å². The summed E-state index contributed by atoms with van der Waals surface area (Å²) in [6.07, 6.45) is 10.7. The van der Waals surface area contributed by atoms with Crippen molar-refractivity contribution in [3.63, 3.8) is 0 Å². The van der Waals surface area contributed by atoms with E-state index in [-0.39, 0.29) is 0 Å². The number of rotatable bonds is 1. The van der Waals surface area contributed by atoms with Crippen molar-refractivity contribution in [2.75, 3.05) is 5.01 Å². The third-order valence-corrected chi connectivity index (χ3v) is 6.72. The fraction of sp³-hybridized carbons (Fsp3) is 0.381. The number of anilines is 1. The van der Waals surface area contributed by atoms with Gasteiger partial charge in [-0.05, 0) is 60.4 Å². The lowest BCUT2D eigenvalue weighted by molar-refractivity contribution is 0.241. The normalized spacial score (nSPS) is 35.1. The maximum Gasteiger partial charge on any atom is 0.147 e. The Kier molecular flexibility index (Phi) is 2.51. The van der Waals surface area contributed by atoms with Crippen molar-refractivity contribution < 1.29 is 0 Å². The Morgan fingerprint density at radius 1 is 0.958 bits per heavy atom. The Morgan fingerprint density at radius 2 is 1.83 bits per heavy atom. The summed E-state index contributed by atoms with van der Waals surface area (Å²) in [6.45, 7) is 0. The van der Waals surface area contributed by atoms with Gasteiger partial charge in [0.1, 0.15) is 5.82 Å². The minimum atomic E-state index is 0.480. The van der Waals surface area contributed by atoms with Crippen LogP contribution in [-0.4, -0.2) is 16.0 Å². The summed E-state index contributed by atoms with van der Waals surface area (Å²) in [5.74, 6) is 3.54. The van der Waals surface area contributed by atoms with E-state index in [1.165, 1.54) is 30.4 Å². The number of hydrogen-bond donors (Lipinski definition) is 0. The molecule has 1 aromatic heterocycles. The van der Waals surface area contributed by atoms with Crippen molar-refractivity contribution in [3.05, 3.63) is 66.0 Å². The third-order valence-electron chi connectivity index (χ3n) is 6.72. The number of benzene rings is 1. The summed E-state index contributed by atoms with van der Waals surface area (Å²) in [5, 5.41) is 5.01. The van der Waals surface area contributed by atoms with E-state index in [9.17, 15) is 0 Å². The number of nitrogens with zero attached hydrogens (tertiary/aromatic N) is 3. The molecule has 1 saturated heterocycles. The maximum absolute atomic E-state index is 4.70. The van der Waals surface area contributed by atoms with E-state index in [2.05, 4.69) is 58.7 Å². The standard InChI is InChI=1S/C21H21N3/c1-2-6-17-14(5-1)10-12-23-21(17)19-15-8-9-16(13-15)20(19)24(23)18-7-3-4-11-22-18/h1-7,10-12,15-16,19-21H,8-9,13H2/t15-,16+,19+,20-,21-/m1/s1. The van der Waals surface area contributed by atoms with Gasteiger partial charge in [-0.2, -0.15) is 0 Å². The maximum atomic E-state index is 4.70. The third kappa shape index (κ3) is 1.55. The number of pyridine rings is 1. The van der Waals surface area contributed by atoms with Crippen LogP contribution >= 0.6 is 0 Å². The molecule has 2 saturated carbocycles. The van der Waals surface area contributed by atoms with Crippen molar-refractivity contribution in [2.24, 2.45) is 17.8 Å². The van der Waals surface area contributed by atoms with Crippen LogP contribution in [0.15, 0.2) is 54.9 Å². The van der Waals surface area contributed by atoms with Gasteiger partial charge in [-0.25, -0.2) is 4.98 Å². The van der Waals surface area contributed by atoms with Gasteiger partial charge < -0.3 is 0 Å². The molecule has 2 aliphatic heterocycles. The van der Waals surface area contributed by atoms with Gasteiger partial charge in [-0.15, -0.1) is 0 Å². The Morgan fingerprint density at radius 3 is 2.75 bits per heavy atom. The van der Waals surface area contributed by atoms with Gasteiger partial charge in [0.05, 0.1) is 12.1 Å². The lowest BCUT2D eigenvalue weighted by Crippen LogP contribution is -2.43. The van der Waals surface area contributed by atoms with E-state index in [0.29, 0.717) is 12.1 Å². The van der Waals surface area contributed by atoms with Crippen LogP contribution in [0.3, 0.4) is 0 Å². The van der Waals surface area contributed by atoms with Crippen LogP contribution in [0, 0.1) is 17.8 Å². The first kappa shape index (κ1) is 13.1. The molecule has 4 aliphatic rings. The molecule has 2 bridgehead atoms. The largest absolute Gasteiger partial charge is 0.283 e. The minimum absolute atomic E-state index is 0.480. The molecule has 3 nitrogen and oxygen atoms in total. The lowest BCUT2D eigenvalue weighted by atomic mass is 9.77. The van der Waals surface area contributed by atoms with Crippen molar-refractivity contribution in [1.29, 1.82) is 0 Å². The average Bonchev–Trinajstić information content (AvgIpc) is 3.33. The molecular formula is C21H21N3. The van der Waals surface area contributed by atoms with E-state index in [1.807, 2.05) is 12.3 Å². The first-order valence-corrected chi connectivity index (χ1v) is 9.17. The number of hydrogen-bond acceptors (Lipinski definition) is 3. The minimum Gasteiger partial charge on any atom is -0.283 e. The second-order valence-corrected chi connectivity index (χ2v) is 7.70. The summed E-state index contributed by atoms with van der Waals surface area (Å²) in [4.78, 5) is 4.70. The van der Waals surface area contributed by atoms with Crippen LogP contribution in [0.25, 0.3) is 6.08 Å². The monoisotopic (exact) mass is 315 g/mol. The molecule has 2 aromatic rings. The molecule has 5 atom stereocenters. The Labute approximate surface area is 142 Å². The van der Waals surface area contributed by atoms with Crippen LogP contribution in [-0.2, 0) is 0 Å². The molecule has 120 valence electrons. The summed E-state index contributed by atoms with van der Waals surface area (Å²) in [7, 11) is 0. The van der Waals surface area contributed by atoms with Gasteiger partial charge in [0.25, 0.3) is 0 Å². The zero-order valence-corrected chi connectivity index (χ0v) is 13.6. The van der Waals surface area contributed by atoms with Gasteiger partial charge >= 0.3 is 0 Å². The van der Waals surface area contributed by atoms with E-state index in [0.717, 1.165) is 23.6 Å². The van der Waals surface area contributed by atoms with E-state index in [4.69, 9.17) is 4.98 Å². The molecule has 24 heavy (non-hydrogen) atoms. The molecular weight excluding hydrogens is 294 g/mol. The molecule has 0 N–H and O–H groups in total. The first-order valence-electron chi connectivity index (χ1n) is 9.17. The van der Waals surface area contributed by atoms with E-state index < -0.39 is 0 Å². The molecule has 3 heteroatoms. The highest BCUT2D eigenvalue weighted by Gasteiger charge is 2.60. The Hall–Kier alpha value is -2.29. The number of fused-ring (bicyclic) bond motifs is 9. The second-order valence-electron chi connectivity index (χ2n) is 7.70. The zero-order valence-electron chi connectivity index (χ0n) is 13.6. The smallest absolute Gasteiger partial charge is 0.147 e. The molecule has 3 heterocycles. The predicted molar refractivity (Wildman–Crippen MR) is 94.9 cm³/mol. The van der Waals surface area contributed by atoms with Gasteiger partial charge in [0, 0.05) is 18.3 Å². The molecule has 2 aliphatic carbocycles. The molecule has 0 radical (unpaired) electrons. The fourth-order valence-corrected chi connectivity index (χ4v) is 5.94. The predicted octanol–water partition coefficient (Wildman–Crippen LogP) is 4.26. The molecule has 0 amide bonds. The fourth-order valence-electron chi connectivity index (χ4n) is 5.94. The van der Waals surface area contributed by atoms with Gasteiger partial charge in [0.2, 0.25) is 0 Å². The molecule has 3 fully saturated rings. The van der Waals surface area contributed by atoms with Crippen LogP contribution in [0.1, 0.15) is 36.4 Å². The van der Waals surface area contributed by atoms with Gasteiger partial charge in [-0.1, -0.05) is 30.3 Å². The highest BCUT2D eigenvalue weighted by atomic mass is 15.7. The van der Waals surface area contributed by atoms with Crippen molar-refractivity contribution in [1.82, 2.24) is 9.99 Å². The highest BCUT2D eigenvalue weighted by molar-refractivity contribution is 5.60. The summed E-state index contributed by atoms with van der Waals surface area (Å²) in [6, 6.07) is 16.3. The number of aromatic nitrogens is 1. The van der Waals surface area contributed by atoms with E-state index >= 15 is 0 Å². The summed E-state index contributed by atoms with van der Waals surface area (Å²) < 4.78 is 0. The Balaban J connectivity index is 1.54. The Bertz CT molecular complexity index is 805. The summed E-state index contributed by atoms with van der Waals surface area (Å²) >= 11 is 0.